The molecule has 0 aliphatic heterocycles. The van der Waals surface area contributed by atoms with Gasteiger partial charge in [-0.25, -0.2) is 0 Å². The number of rotatable bonds is 9. The summed E-state index contributed by atoms with van der Waals surface area (Å²) < 4.78 is 35.6. The Morgan fingerprint density at radius 3 is 2.67 bits per heavy atom. The summed E-state index contributed by atoms with van der Waals surface area (Å²) in [4.78, 5) is 8.34. The number of nitrogens with one attached hydrogen (secondary N) is 2. The van der Waals surface area contributed by atoms with Gasteiger partial charge in [0.1, 0.15) is 11.5 Å². The first-order chi connectivity index (χ1) is 13.1. The maximum absolute atomic E-state index is 12.7. The lowest BCUT2D eigenvalue weighted by atomic mass is 10.2. The Balaban J connectivity index is 1.99. The summed E-state index contributed by atoms with van der Waals surface area (Å²) in [6, 6.07) is 10.5. The van der Waals surface area contributed by atoms with Crippen molar-refractivity contribution < 1.29 is 18.3 Å². The van der Waals surface area contributed by atoms with Gasteiger partial charge < -0.3 is 20.1 Å². The topological polar surface area (TPSA) is 67.8 Å². The van der Waals surface area contributed by atoms with E-state index in [2.05, 4.69) is 25.3 Å². The minimum absolute atomic E-state index is 0.0753. The van der Waals surface area contributed by atoms with Crippen molar-refractivity contribution in [1.29, 1.82) is 0 Å². The van der Waals surface area contributed by atoms with Gasteiger partial charge in [0.25, 0.3) is 0 Å². The molecule has 0 atom stereocenters. The van der Waals surface area contributed by atoms with E-state index in [1.165, 1.54) is 6.07 Å². The van der Waals surface area contributed by atoms with Crippen LogP contribution in [0, 0.1) is 0 Å². The molecule has 146 valence electrons. The van der Waals surface area contributed by atoms with E-state index in [0.29, 0.717) is 30.4 Å². The van der Waals surface area contributed by atoms with E-state index in [1.54, 1.807) is 25.4 Å². The summed E-state index contributed by atoms with van der Waals surface area (Å²) in [6.45, 7) is 0.323. The van der Waals surface area contributed by atoms with Gasteiger partial charge in [0.15, 0.2) is 5.96 Å². The molecule has 1 aromatic heterocycles. The molecule has 0 fully saturated rings. The van der Waals surface area contributed by atoms with Crippen LogP contribution in [0.4, 0.5) is 8.78 Å². The fourth-order valence-electron chi connectivity index (χ4n) is 2.27. The molecule has 0 radical (unpaired) electrons. The van der Waals surface area contributed by atoms with E-state index in [9.17, 15) is 8.78 Å². The normalized spacial score (nSPS) is 11.4. The Hall–Kier alpha value is -2.90. The minimum Gasteiger partial charge on any atom is -0.493 e. The van der Waals surface area contributed by atoms with Crippen molar-refractivity contribution in [2.45, 2.75) is 33.0 Å². The van der Waals surface area contributed by atoms with Crippen LogP contribution in [0.25, 0.3) is 0 Å². The molecule has 0 saturated carbocycles. The SMILES string of the molecule is CCCOc1ccc(CNC(=NC)NCc2ccccn2)c(OC(F)F)c1. The number of aliphatic imine (C=N–C) groups is 1. The lowest BCUT2D eigenvalue weighted by molar-refractivity contribution is -0.0505. The van der Waals surface area contributed by atoms with Gasteiger partial charge in [-0.15, -0.1) is 0 Å². The molecule has 2 rings (SSSR count). The number of pyridine rings is 1. The summed E-state index contributed by atoms with van der Waals surface area (Å²) in [6.07, 6.45) is 2.54. The Labute approximate surface area is 157 Å². The van der Waals surface area contributed by atoms with Crippen LogP contribution in [0.15, 0.2) is 47.6 Å². The van der Waals surface area contributed by atoms with Crippen LogP contribution in [-0.2, 0) is 13.1 Å². The second kappa shape index (κ2) is 10.9. The van der Waals surface area contributed by atoms with Crippen LogP contribution in [0.3, 0.4) is 0 Å². The fraction of sp³-hybridized carbons (Fsp3) is 0.368. The number of aromatic nitrogens is 1. The van der Waals surface area contributed by atoms with E-state index < -0.39 is 6.61 Å². The predicted molar refractivity (Wildman–Crippen MR) is 100 cm³/mol. The number of hydrogen-bond acceptors (Lipinski definition) is 4. The third-order valence-corrected chi connectivity index (χ3v) is 3.56. The van der Waals surface area contributed by atoms with Crippen molar-refractivity contribution in [3.63, 3.8) is 0 Å². The molecule has 0 saturated heterocycles. The third-order valence-electron chi connectivity index (χ3n) is 3.56. The Morgan fingerprint density at radius 2 is 2.00 bits per heavy atom. The van der Waals surface area contributed by atoms with E-state index in [1.807, 2.05) is 25.1 Å². The van der Waals surface area contributed by atoms with Crippen molar-refractivity contribution in [2.75, 3.05) is 13.7 Å². The van der Waals surface area contributed by atoms with Gasteiger partial charge in [0.2, 0.25) is 0 Å². The lowest BCUT2D eigenvalue weighted by Crippen LogP contribution is -2.36. The third kappa shape index (κ3) is 7.08. The molecule has 0 bridgehead atoms. The summed E-state index contributed by atoms with van der Waals surface area (Å²) in [5.41, 5.74) is 1.43. The smallest absolute Gasteiger partial charge is 0.387 e. The van der Waals surface area contributed by atoms with Gasteiger partial charge in [0.05, 0.1) is 18.8 Å². The van der Waals surface area contributed by atoms with E-state index >= 15 is 0 Å². The standard InChI is InChI=1S/C19H24F2N4O2/c1-3-10-26-16-8-7-14(17(11-16)27-18(20)21)12-24-19(22-2)25-13-15-6-4-5-9-23-15/h4-9,11,18H,3,10,12-13H2,1-2H3,(H2,22,24,25). The molecule has 0 aliphatic carbocycles. The zero-order chi connectivity index (χ0) is 19.5. The van der Waals surface area contributed by atoms with Gasteiger partial charge in [-0.2, -0.15) is 8.78 Å². The number of halogens is 2. The highest BCUT2D eigenvalue weighted by Crippen LogP contribution is 2.26. The summed E-state index contributed by atoms with van der Waals surface area (Å²) in [5.74, 6) is 1.09. The number of alkyl halides is 2. The number of nitrogens with zero attached hydrogens (tertiary/aromatic N) is 2. The molecule has 1 heterocycles. The molecule has 6 nitrogen and oxygen atoms in total. The predicted octanol–water partition coefficient (Wildman–Crippen LogP) is 3.34. The van der Waals surface area contributed by atoms with E-state index in [-0.39, 0.29) is 12.3 Å². The Bertz CT molecular complexity index is 727. The highest BCUT2D eigenvalue weighted by atomic mass is 19.3. The molecule has 0 spiro atoms. The quantitative estimate of drug-likeness (QED) is 0.517. The van der Waals surface area contributed by atoms with Crippen molar-refractivity contribution in [3.05, 3.63) is 53.9 Å². The van der Waals surface area contributed by atoms with Crippen LogP contribution >= 0.6 is 0 Å². The Kier molecular flexibility index (Phi) is 8.28. The van der Waals surface area contributed by atoms with Crippen molar-refractivity contribution in [2.24, 2.45) is 4.99 Å². The first kappa shape index (κ1) is 20.4. The largest absolute Gasteiger partial charge is 0.493 e. The van der Waals surface area contributed by atoms with Crippen LogP contribution in [0.5, 0.6) is 11.5 Å². The second-order valence-electron chi connectivity index (χ2n) is 5.60. The van der Waals surface area contributed by atoms with Gasteiger partial charge in [0, 0.05) is 31.4 Å². The second-order valence-corrected chi connectivity index (χ2v) is 5.60. The minimum atomic E-state index is -2.91. The number of guanidine groups is 1. The van der Waals surface area contributed by atoms with E-state index in [0.717, 1.165) is 12.1 Å². The number of hydrogen-bond donors (Lipinski definition) is 2. The zero-order valence-corrected chi connectivity index (χ0v) is 15.4. The van der Waals surface area contributed by atoms with Gasteiger partial charge in [-0.3, -0.25) is 9.98 Å². The van der Waals surface area contributed by atoms with Gasteiger partial charge in [-0.1, -0.05) is 13.0 Å². The number of ether oxygens (including phenoxy) is 2. The lowest BCUT2D eigenvalue weighted by Gasteiger charge is -2.15. The highest BCUT2D eigenvalue weighted by Gasteiger charge is 2.12. The monoisotopic (exact) mass is 378 g/mol. The fourth-order valence-corrected chi connectivity index (χ4v) is 2.27. The Morgan fingerprint density at radius 1 is 1.19 bits per heavy atom. The molecule has 0 amide bonds. The van der Waals surface area contributed by atoms with Crippen molar-refractivity contribution in [1.82, 2.24) is 15.6 Å². The average molecular weight is 378 g/mol. The molecule has 2 N–H and O–H groups in total. The maximum Gasteiger partial charge on any atom is 0.387 e. The van der Waals surface area contributed by atoms with Crippen LogP contribution < -0.4 is 20.1 Å². The zero-order valence-electron chi connectivity index (χ0n) is 15.4. The van der Waals surface area contributed by atoms with Crippen LogP contribution in [-0.4, -0.2) is 31.2 Å². The molecule has 27 heavy (non-hydrogen) atoms. The van der Waals surface area contributed by atoms with Crippen molar-refractivity contribution in [3.8, 4) is 11.5 Å². The molecule has 0 aliphatic rings. The maximum atomic E-state index is 12.7. The highest BCUT2D eigenvalue weighted by molar-refractivity contribution is 5.79. The number of benzene rings is 1. The summed E-state index contributed by atoms with van der Waals surface area (Å²) in [5, 5.41) is 6.20. The molecule has 2 aromatic rings. The molecule has 8 heteroatoms. The molecular formula is C19H24F2N4O2. The molecule has 0 unspecified atom stereocenters. The first-order valence-electron chi connectivity index (χ1n) is 8.67. The van der Waals surface area contributed by atoms with Crippen LogP contribution in [0.2, 0.25) is 0 Å². The summed E-state index contributed by atoms with van der Waals surface area (Å²) in [7, 11) is 1.63. The van der Waals surface area contributed by atoms with Gasteiger partial charge >= 0.3 is 6.61 Å². The molecule has 1 aromatic carbocycles. The van der Waals surface area contributed by atoms with Crippen molar-refractivity contribution >= 4 is 5.96 Å². The van der Waals surface area contributed by atoms with Gasteiger partial charge in [-0.05, 0) is 30.7 Å². The summed E-state index contributed by atoms with van der Waals surface area (Å²) >= 11 is 0. The first-order valence-corrected chi connectivity index (χ1v) is 8.67. The molecular weight excluding hydrogens is 354 g/mol. The van der Waals surface area contributed by atoms with E-state index in [4.69, 9.17) is 4.74 Å². The van der Waals surface area contributed by atoms with Crippen LogP contribution in [0.1, 0.15) is 24.6 Å². The average Bonchev–Trinajstić information content (AvgIpc) is 2.68.